The maximum atomic E-state index is 11.8. The molecule has 1 aliphatic rings. The summed E-state index contributed by atoms with van der Waals surface area (Å²) in [6.45, 7) is 2.81. The van der Waals surface area contributed by atoms with Gasteiger partial charge in [0.2, 0.25) is 10.0 Å². The second-order valence-corrected chi connectivity index (χ2v) is 7.08. The molecule has 2 rings (SSSR count). The summed E-state index contributed by atoms with van der Waals surface area (Å²) in [5, 5.41) is 0. The van der Waals surface area contributed by atoms with Crippen LogP contribution in [0.1, 0.15) is 12.5 Å². The lowest BCUT2D eigenvalue weighted by atomic mass is 10.2. The predicted molar refractivity (Wildman–Crippen MR) is 67.0 cm³/mol. The van der Waals surface area contributed by atoms with Gasteiger partial charge in [-0.05, 0) is 18.6 Å². The Bertz CT molecular complexity index is 471. The second-order valence-electron chi connectivity index (χ2n) is 3.69. The van der Waals surface area contributed by atoms with Gasteiger partial charge >= 0.3 is 0 Å². The molecule has 1 aromatic rings. The number of fused-ring (bicyclic) bond motifs is 1. The maximum Gasteiger partial charge on any atom is 0.214 e. The summed E-state index contributed by atoms with van der Waals surface area (Å²) >= 11 is 1.73. The first-order valence-corrected chi connectivity index (χ1v) is 7.91. The number of rotatable bonds is 2. The van der Waals surface area contributed by atoms with Crippen LogP contribution in [0.5, 0.6) is 0 Å². The number of benzene rings is 1. The molecule has 3 nitrogen and oxygen atoms in total. The Morgan fingerprint density at radius 2 is 2.12 bits per heavy atom. The molecule has 5 heteroatoms. The highest BCUT2D eigenvalue weighted by Gasteiger charge is 2.23. The SMILES string of the molecule is CCS(=O)(=O)N1CCSc2ccccc2C1. The first-order valence-electron chi connectivity index (χ1n) is 5.32. The van der Waals surface area contributed by atoms with Crippen LogP contribution in [0.4, 0.5) is 0 Å². The molecule has 0 N–H and O–H groups in total. The fourth-order valence-corrected chi connectivity index (χ4v) is 3.93. The lowest BCUT2D eigenvalue weighted by Crippen LogP contribution is -2.32. The molecule has 0 atom stereocenters. The molecule has 0 radical (unpaired) electrons. The van der Waals surface area contributed by atoms with Crippen molar-refractivity contribution < 1.29 is 8.42 Å². The van der Waals surface area contributed by atoms with E-state index in [4.69, 9.17) is 0 Å². The molecule has 88 valence electrons. The van der Waals surface area contributed by atoms with Crippen molar-refractivity contribution in [3.05, 3.63) is 29.8 Å². The molecule has 0 aliphatic carbocycles. The fraction of sp³-hybridized carbons (Fsp3) is 0.455. The third-order valence-corrected chi connectivity index (χ3v) is 5.60. The van der Waals surface area contributed by atoms with Gasteiger partial charge in [0.1, 0.15) is 0 Å². The van der Waals surface area contributed by atoms with Crippen LogP contribution >= 0.6 is 11.8 Å². The number of hydrogen-bond donors (Lipinski definition) is 0. The zero-order valence-electron chi connectivity index (χ0n) is 9.22. The Morgan fingerprint density at radius 3 is 2.88 bits per heavy atom. The molecule has 0 unspecified atom stereocenters. The van der Waals surface area contributed by atoms with Gasteiger partial charge in [-0.25, -0.2) is 8.42 Å². The second kappa shape index (κ2) is 4.77. The van der Waals surface area contributed by atoms with Gasteiger partial charge in [0.05, 0.1) is 5.75 Å². The third kappa shape index (κ3) is 2.42. The summed E-state index contributed by atoms with van der Waals surface area (Å²) < 4.78 is 25.3. The Labute approximate surface area is 101 Å². The average molecular weight is 257 g/mol. The normalized spacial score (nSPS) is 17.8. The molecule has 1 aliphatic heterocycles. The maximum absolute atomic E-state index is 11.8. The van der Waals surface area contributed by atoms with Crippen LogP contribution in [-0.4, -0.2) is 30.8 Å². The molecule has 0 saturated carbocycles. The van der Waals surface area contributed by atoms with E-state index in [9.17, 15) is 8.42 Å². The number of sulfonamides is 1. The van der Waals surface area contributed by atoms with Crippen molar-refractivity contribution in [1.29, 1.82) is 0 Å². The van der Waals surface area contributed by atoms with Crippen molar-refractivity contribution in [2.24, 2.45) is 0 Å². The number of hydrogen-bond acceptors (Lipinski definition) is 3. The molecular weight excluding hydrogens is 242 g/mol. The van der Waals surface area contributed by atoms with Gasteiger partial charge in [-0.3, -0.25) is 0 Å². The summed E-state index contributed by atoms with van der Waals surface area (Å²) in [6, 6.07) is 8.02. The number of nitrogens with zero attached hydrogens (tertiary/aromatic N) is 1. The monoisotopic (exact) mass is 257 g/mol. The van der Waals surface area contributed by atoms with E-state index in [1.807, 2.05) is 18.2 Å². The zero-order valence-corrected chi connectivity index (χ0v) is 10.9. The van der Waals surface area contributed by atoms with Crippen molar-refractivity contribution >= 4 is 21.8 Å². The molecule has 0 fully saturated rings. The summed E-state index contributed by atoms with van der Waals surface area (Å²) in [5.74, 6) is 1.01. The molecule has 0 spiro atoms. The summed E-state index contributed by atoms with van der Waals surface area (Å²) in [5.41, 5.74) is 1.11. The van der Waals surface area contributed by atoms with Crippen molar-refractivity contribution in [2.75, 3.05) is 18.1 Å². The lowest BCUT2D eigenvalue weighted by Gasteiger charge is -2.18. The summed E-state index contributed by atoms with van der Waals surface area (Å²) in [6.07, 6.45) is 0. The van der Waals surface area contributed by atoms with E-state index in [0.717, 1.165) is 11.3 Å². The van der Waals surface area contributed by atoms with E-state index in [1.54, 1.807) is 23.0 Å². The number of thioether (sulfide) groups is 1. The Hall–Kier alpha value is -0.520. The highest BCUT2D eigenvalue weighted by Crippen LogP contribution is 2.28. The van der Waals surface area contributed by atoms with Crippen LogP contribution in [0.2, 0.25) is 0 Å². The summed E-state index contributed by atoms with van der Waals surface area (Å²) in [4.78, 5) is 1.20. The van der Waals surface area contributed by atoms with Crippen LogP contribution < -0.4 is 0 Å². The molecular formula is C11H15NO2S2. The van der Waals surface area contributed by atoms with Gasteiger partial charge in [-0.1, -0.05) is 18.2 Å². The van der Waals surface area contributed by atoms with Gasteiger partial charge in [0.15, 0.2) is 0 Å². The Kier molecular flexibility index (Phi) is 3.56. The molecule has 0 amide bonds. The first-order chi connectivity index (χ1) is 7.63. The van der Waals surface area contributed by atoms with Crippen LogP contribution in [-0.2, 0) is 16.6 Å². The van der Waals surface area contributed by atoms with Crippen molar-refractivity contribution in [1.82, 2.24) is 4.31 Å². The summed E-state index contributed by atoms with van der Waals surface area (Å²) in [7, 11) is -3.07. The van der Waals surface area contributed by atoms with E-state index >= 15 is 0 Å². The van der Waals surface area contributed by atoms with Gasteiger partial charge in [-0.2, -0.15) is 4.31 Å². The Balaban J connectivity index is 2.30. The standard InChI is InChI=1S/C11H15NO2S2/c1-2-16(13,14)12-7-8-15-11-6-4-3-5-10(11)9-12/h3-6H,2,7-9H2,1H3. The van der Waals surface area contributed by atoms with Crippen LogP contribution in [0.15, 0.2) is 29.2 Å². The topological polar surface area (TPSA) is 37.4 Å². The van der Waals surface area contributed by atoms with E-state index < -0.39 is 10.0 Å². The molecule has 0 bridgehead atoms. The van der Waals surface area contributed by atoms with Gasteiger partial charge in [0.25, 0.3) is 0 Å². The molecule has 0 saturated heterocycles. The first kappa shape index (κ1) is 12.0. The van der Waals surface area contributed by atoms with Gasteiger partial charge < -0.3 is 0 Å². The minimum atomic E-state index is -3.07. The Morgan fingerprint density at radius 1 is 1.38 bits per heavy atom. The largest absolute Gasteiger partial charge is 0.214 e. The molecule has 1 aromatic carbocycles. The van der Waals surface area contributed by atoms with Gasteiger partial charge in [-0.15, -0.1) is 11.8 Å². The van der Waals surface area contributed by atoms with Crippen molar-refractivity contribution in [3.63, 3.8) is 0 Å². The van der Waals surface area contributed by atoms with E-state index in [-0.39, 0.29) is 5.75 Å². The van der Waals surface area contributed by atoms with Gasteiger partial charge in [0, 0.05) is 23.7 Å². The predicted octanol–water partition coefficient (Wildman–Crippen LogP) is 1.94. The lowest BCUT2D eigenvalue weighted by molar-refractivity contribution is 0.427. The smallest absolute Gasteiger partial charge is 0.212 e. The quantitative estimate of drug-likeness (QED) is 0.812. The molecule has 0 aromatic heterocycles. The average Bonchev–Trinajstić information content (AvgIpc) is 2.51. The molecule has 16 heavy (non-hydrogen) atoms. The minimum Gasteiger partial charge on any atom is -0.212 e. The van der Waals surface area contributed by atoms with E-state index in [1.165, 1.54) is 4.90 Å². The fourth-order valence-electron chi connectivity index (χ4n) is 1.72. The van der Waals surface area contributed by atoms with E-state index in [0.29, 0.717) is 13.1 Å². The van der Waals surface area contributed by atoms with Crippen molar-refractivity contribution in [3.8, 4) is 0 Å². The zero-order chi connectivity index (χ0) is 11.6. The highest BCUT2D eigenvalue weighted by atomic mass is 32.2. The molecule has 1 heterocycles. The van der Waals surface area contributed by atoms with Crippen LogP contribution in [0.25, 0.3) is 0 Å². The van der Waals surface area contributed by atoms with Crippen LogP contribution in [0, 0.1) is 0 Å². The third-order valence-electron chi connectivity index (χ3n) is 2.68. The van der Waals surface area contributed by atoms with Crippen molar-refractivity contribution in [2.45, 2.75) is 18.4 Å². The van der Waals surface area contributed by atoms with E-state index in [2.05, 4.69) is 6.07 Å². The van der Waals surface area contributed by atoms with Crippen LogP contribution in [0.3, 0.4) is 0 Å². The minimum absolute atomic E-state index is 0.180. The highest BCUT2D eigenvalue weighted by molar-refractivity contribution is 7.99.